The highest BCUT2D eigenvalue weighted by Crippen LogP contribution is 2.31. The lowest BCUT2D eigenvalue weighted by Crippen LogP contribution is -2.42. The molecule has 7 nitrogen and oxygen atoms in total. The van der Waals surface area contributed by atoms with Crippen LogP contribution in [0.15, 0.2) is 83.7 Å². The number of fused-ring (bicyclic) bond motifs is 3. The zero-order valence-electron chi connectivity index (χ0n) is 22.7. The smallest absolute Gasteiger partial charge is 0.278 e. The van der Waals surface area contributed by atoms with E-state index in [9.17, 15) is 9.59 Å². The van der Waals surface area contributed by atoms with Crippen molar-refractivity contribution < 1.29 is 4.79 Å². The molecule has 0 aliphatic heterocycles. The van der Waals surface area contributed by atoms with Crippen molar-refractivity contribution in [2.75, 3.05) is 13.1 Å². The minimum Gasteiger partial charge on any atom is -0.349 e. The lowest BCUT2D eigenvalue weighted by molar-refractivity contribution is 0.0603. The SMILES string of the molecule is Cc1ccc(C(=O)N(CCCN)C(c2nc3c([nH]c4ccccc43)c(=O)n2Cc2ccccc2)C(C)C)cc1. The van der Waals surface area contributed by atoms with Gasteiger partial charge in [0.25, 0.3) is 11.5 Å². The van der Waals surface area contributed by atoms with Crippen LogP contribution in [0, 0.1) is 12.8 Å². The number of H-pyrrole nitrogens is 1. The molecule has 7 heteroatoms. The molecule has 5 rings (SSSR count). The Balaban J connectivity index is 1.74. The van der Waals surface area contributed by atoms with Gasteiger partial charge in [-0.25, -0.2) is 4.98 Å². The van der Waals surface area contributed by atoms with Gasteiger partial charge in [0, 0.05) is 23.0 Å². The number of nitrogens with one attached hydrogen (secondary N) is 1. The number of benzene rings is 3. The van der Waals surface area contributed by atoms with Gasteiger partial charge in [0.15, 0.2) is 0 Å². The molecule has 0 aliphatic rings. The van der Waals surface area contributed by atoms with Crippen LogP contribution < -0.4 is 11.3 Å². The second-order valence-electron chi connectivity index (χ2n) is 10.4. The molecule has 0 saturated carbocycles. The zero-order chi connectivity index (χ0) is 27.5. The lowest BCUT2D eigenvalue weighted by Gasteiger charge is -2.35. The molecule has 200 valence electrons. The summed E-state index contributed by atoms with van der Waals surface area (Å²) in [6.07, 6.45) is 0.638. The molecule has 39 heavy (non-hydrogen) atoms. The van der Waals surface area contributed by atoms with Crippen LogP contribution >= 0.6 is 0 Å². The van der Waals surface area contributed by atoms with Crippen molar-refractivity contribution >= 4 is 27.8 Å². The van der Waals surface area contributed by atoms with Gasteiger partial charge in [-0.05, 0) is 49.6 Å². The van der Waals surface area contributed by atoms with Gasteiger partial charge in [0.05, 0.1) is 12.6 Å². The largest absolute Gasteiger partial charge is 0.349 e. The first-order chi connectivity index (χ1) is 18.9. The van der Waals surface area contributed by atoms with E-state index < -0.39 is 6.04 Å². The maximum absolute atomic E-state index is 14.1. The molecule has 0 fully saturated rings. The van der Waals surface area contributed by atoms with Crippen molar-refractivity contribution in [1.82, 2.24) is 19.4 Å². The number of para-hydroxylation sites is 1. The number of carbonyl (C=O) groups is 1. The number of aromatic amines is 1. The first-order valence-electron chi connectivity index (χ1n) is 13.5. The van der Waals surface area contributed by atoms with Crippen molar-refractivity contribution in [3.63, 3.8) is 0 Å². The maximum atomic E-state index is 14.1. The fourth-order valence-corrected chi connectivity index (χ4v) is 5.24. The summed E-state index contributed by atoms with van der Waals surface area (Å²) in [5.74, 6) is 0.462. The van der Waals surface area contributed by atoms with Crippen LogP contribution in [-0.2, 0) is 6.54 Å². The van der Waals surface area contributed by atoms with Gasteiger partial charge in [-0.3, -0.25) is 14.2 Å². The summed E-state index contributed by atoms with van der Waals surface area (Å²) in [6.45, 7) is 7.40. The first kappa shape index (κ1) is 26.4. The summed E-state index contributed by atoms with van der Waals surface area (Å²) in [4.78, 5) is 38.5. The van der Waals surface area contributed by atoms with E-state index in [1.807, 2.05) is 90.7 Å². The molecule has 0 aliphatic carbocycles. The fraction of sp³-hybridized carbons (Fsp3) is 0.281. The van der Waals surface area contributed by atoms with Gasteiger partial charge in [-0.15, -0.1) is 0 Å². The summed E-state index contributed by atoms with van der Waals surface area (Å²) in [5, 5.41) is 0.888. The van der Waals surface area contributed by atoms with Crippen molar-refractivity contribution in [2.24, 2.45) is 11.7 Å². The summed E-state index contributed by atoms with van der Waals surface area (Å²) in [5.41, 5.74) is 10.4. The van der Waals surface area contributed by atoms with Gasteiger partial charge < -0.3 is 15.6 Å². The predicted molar refractivity (Wildman–Crippen MR) is 157 cm³/mol. The molecule has 1 unspecified atom stereocenters. The standard InChI is InChI=1S/C32H35N5O2/c1-21(2)29(36(19-9-18-33)31(38)24-16-14-22(3)15-17-24)30-35-27-25-12-7-8-13-26(25)34-28(27)32(39)37(30)20-23-10-5-4-6-11-23/h4-8,10-17,21,29,34H,9,18-20,33H2,1-3H3. The number of aromatic nitrogens is 3. The van der Waals surface area contributed by atoms with Crippen molar-refractivity contribution in [1.29, 1.82) is 0 Å². The van der Waals surface area contributed by atoms with E-state index in [0.29, 0.717) is 48.5 Å². The van der Waals surface area contributed by atoms with Crippen molar-refractivity contribution in [3.8, 4) is 0 Å². The minimum absolute atomic E-state index is 0.0197. The van der Waals surface area contributed by atoms with E-state index in [-0.39, 0.29) is 17.4 Å². The number of hydrogen-bond donors (Lipinski definition) is 2. The molecule has 0 saturated heterocycles. The van der Waals surface area contributed by atoms with Crippen LogP contribution in [0.5, 0.6) is 0 Å². The molecule has 0 bridgehead atoms. The summed E-state index contributed by atoms with van der Waals surface area (Å²) < 4.78 is 1.73. The normalized spacial score (nSPS) is 12.3. The second kappa shape index (κ2) is 11.3. The minimum atomic E-state index is -0.445. The van der Waals surface area contributed by atoms with Crippen LogP contribution in [0.4, 0.5) is 0 Å². The Labute approximate surface area is 228 Å². The summed E-state index contributed by atoms with van der Waals surface area (Å²) in [7, 11) is 0. The highest BCUT2D eigenvalue weighted by Gasteiger charge is 2.33. The predicted octanol–water partition coefficient (Wildman–Crippen LogP) is 5.42. The Hall–Kier alpha value is -4.23. The number of carbonyl (C=O) groups excluding carboxylic acids is 1. The lowest BCUT2D eigenvalue weighted by atomic mass is 9.98. The van der Waals surface area contributed by atoms with Crippen LogP contribution in [0.25, 0.3) is 21.9 Å². The average Bonchev–Trinajstić information content (AvgIpc) is 3.32. The van der Waals surface area contributed by atoms with Crippen LogP contribution in [0.1, 0.15) is 53.6 Å². The molecular formula is C32H35N5O2. The number of hydrogen-bond acceptors (Lipinski definition) is 4. The van der Waals surface area contributed by atoms with Crippen molar-refractivity contribution in [2.45, 2.75) is 39.8 Å². The van der Waals surface area contributed by atoms with Crippen LogP contribution in [0.3, 0.4) is 0 Å². The van der Waals surface area contributed by atoms with Crippen LogP contribution in [-0.4, -0.2) is 38.4 Å². The monoisotopic (exact) mass is 521 g/mol. The number of nitrogens with zero attached hydrogens (tertiary/aromatic N) is 3. The van der Waals surface area contributed by atoms with E-state index in [2.05, 4.69) is 18.8 Å². The third-order valence-electron chi connectivity index (χ3n) is 7.22. The third-order valence-corrected chi connectivity index (χ3v) is 7.22. The topological polar surface area (TPSA) is 97.0 Å². The van der Waals surface area contributed by atoms with Gasteiger partial charge in [-0.1, -0.05) is 80.1 Å². The molecule has 1 amide bonds. The molecule has 3 aromatic carbocycles. The quantitative estimate of drug-likeness (QED) is 0.271. The highest BCUT2D eigenvalue weighted by molar-refractivity contribution is 6.04. The van der Waals surface area contributed by atoms with E-state index in [4.69, 9.17) is 10.7 Å². The van der Waals surface area contributed by atoms with E-state index in [0.717, 1.165) is 22.0 Å². The Morgan fingerprint density at radius 1 is 1.00 bits per heavy atom. The van der Waals surface area contributed by atoms with E-state index in [1.54, 1.807) is 4.57 Å². The average molecular weight is 522 g/mol. The molecule has 0 spiro atoms. The molecule has 1 atom stereocenters. The zero-order valence-corrected chi connectivity index (χ0v) is 22.7. The highest BCUT2D eigenvalue weighted by atomic mass is 16.2. The van der Waals surface area contributed by atoms with E-state index in [1.165, 1.54) is 0 Å². The second-order valence-corrected chi connectivity index (χ2v) is 10.4. The van der Waals surface area contributed by atoms with Gasteiger partial charge in [0.1, 0.15) is 16.9 Å². The molecule has 3 N–H and O–H groups in total. The van der Waals surface area contributed by atoms with Gasteiger partial charge in [-0.2, -0.15) is 0 Å². The van der Waals surface area contributed by atoms with Gasteiger partial charge >= 0.3 is 0 Å². The van der Waals surface area contributed by atoms with Crippen molar-refractivity contribution in [3.05, 3.63) is 112 Å². The Morgan fingerprint density at radius 2 is 1.69 bits per heavy atom. The molecule has 0 radical (unpaired) electrons. The Kier molecular flexibility index (Phi) is 7.61. The summed E-state index contributed by atoms with van der Waals surface area (Å²) >= 11 is 0. The Bertz CT molecular complexity index is 1650. The number of rotatable bonds is 9. The first-order valence-corrected chi connectivity index (χ1v) is 13.5. The molecule has 2 aromatic heterocycles. The maximum Gasteiger partial charge on any atom is 0.278 e. The van der Waals surface area contributed by atoms with Crippen LogP contribution in [0.2, 0.25) is 0 Å². The Morgan fingerprint density at radius 3 is 2.38 bits per heavy atom. The van der Waals surface area contributed by atoms with E-state index >= 15 is 0 Å². The van der Waals surface area contributed by atoms with Gasteiger partial charge in [0.2, 0.25) is 0 Å². The number of aryl methyl sites for hydroxylation is 1. The molecule has 5 aromatic rings. The molecule has 2 heterocycles. The number of amides is 1. The fourth-order valence-electron chi connectivity index (χ4n) is 5.24. The summed E-state index contributed by atoms with van der Waals surface area (Å²) in [6, 6.07) is 24.8. The number of nitrogens with two attached hydrogens (primary N) is 1. The third kappa shape index (κ3) is 5.22. The molecular weight excluding hydrogens is 486 g/mol.